The van der Waals surface area contributed by atoms with Gasteiger partial charge in [-0.2, -0.15) is 0 Å². The summed E-state index contributed by atoms with van der Waals surface area (Å²) in [6.45, 7) is -0.286. The molecule has 2 aromatic rings. The highest BCUT2D eigenvalue weighted by molar-refractivity contribution is 5.62. The van der Waals surface area contributed by atoms with Gasteiger partial charge in [-0.1, -0.05) is 0 Å². The Morgan fingerprint density at radius 3 is 2.38 bits per heavy atom. The lowest BCUT2D eigenvalue weighted by Crippen LogP contribution is -2.24. The number of non-ortho nitro benzene ring substituents is 1. The minimum Gasteiger partial charge on any atom is -0.391 e. The number of benzene rings is 1. The van der Waals surface area contributed by atoms with E-state index in [9.17, 15) is 20.0 Å². The number of nitro benzene ring substituents is 1. The molecule has 108 valence electrons. The Kier molecular flexibility index (Phi) is 3.31. The lowest BCUT2D eigenvalue weighted by molar-refractivity contribution is -0.384. The maximum absolute atomic E-state index is 12.3. The molecule has 0 aliphatic heterocycles. The van der Waals surface area contributed by atoms with Crippen LogP contribution < -0.4 is 5.56 Å². The molecule has 0 unspecified atom stereocenters. The second kappa shape index (κ2) is 5.14. The SMILES string of the molecule is O=c1c(CO)ccc(-c2ccc([N+](=O)[O-])cc2)n1C1CC1. The summed E-state index contributed by atoms with van der Waals surface area (Å²) in [5, 5.41) is 19.9. The van der Waals surface area contributed by atoms with Gasteiger partial charge in [0.2, 0.25) is 0 Å². The van der Waals surface area contributed by atoms with Crippen LogP contribution in [0.3, 0.4) is 0 Å². The molecule has 6 heteroatoms. The van der Waals surface area contributed by atoms with Gasteiger partial charge in [0.15, 0.2) is 0 Å². The maximum Gasteiger partial charge on any atom is 0.269 e. The van der Waals surface area contributed by atoms with Gasteiger partial charge in [-0.25, -0.2) is 0 Å². The van der Waals surface area contributed by atoms with Crippen molar-refractivity contribution in [2.75, 3.05) is 0 Å². The molecule has 0 bridgehead atoms. The highest BCUT2D eigenvalue weighted by Crippen LogP contribution is 2.37. The normalized spacial score (nSPS) is 14.1. The topological polar surface area (TPSA) is 85.4 Å². The summed E-state index contributed by atoms with van der Waals surface area (Å²) in [5.74, 6) is 0. The molecule has 21 heavy (non-hydrogen) atoms. The second-order valence-electron chi connectivity index (χ2n) is 5.11. The first-order valence-corrected chi connectivity index (χ1v) is 6.72. The summed E-state index contributed by atoms with van der Waals surface area (Å²) in [7, 11) is 0. The van der Waals surface area contributed by atoms with E-state index in [0.29, 0.717) is 5.56 Å². The average Bonchev–Trinajstić information content (AvgIpc) is 3.31. The molecular formula is C15H14N2O4. The van der Waals surface area contributed by atoms with Crippen LogP contribution in [-0.4, -0.2) is 14.6 Å². The van der Waals surface area contributed by atoms with E-state index in [4.69, 9.17) is 0 Å². The van der Waals surface area contributed by atoms with Gasteiger partial charge in [0, 0.05) is 23.7 Å². The minimum absolute atomic E-state index is 0.0195. The summed E-state index contributed by atoms with van der Waals surface area (Å²) < 4.78 is 1.69. The van der Waals surface area contributed by atoms with E-state index in [1.54, 1.807) is 28.8 Å². The molecule has 0 atom stereocenters. The van der Waals surface area contributed by atoms with Crippen LogP contribution in [0.25, 0.3) is 11.3 Å². The average molecular weight is 286 g/mol. The Labute approximate surface area is 120 Å². The zero-order chi connectivity index (χ0) is 15.0. The fourth-order valence-electron chi connectivity index (χ4n) is 2.40. The third-order valence-electron chi connectivity index (χ3n) is 3.65. The van der Waals surface area contributed by atoms with Crippen molar-refractivity contribution in [2.45, 2.75) is 25.5 Å². The lowest BCUT2D eigenvalue weighted by Gasteiger charge is -2.13. The number of hydrogen-bond donors (Lipinski definition) is 1. The van der Waals surface area contributed by atoms with Crippen LogP contribution in [0.5, 0.6) is 0 Å². The van der Waals surface area contributed by atoms with E-state index in [0.717, 1.165) is 24.1 Å². The van der Waals surface area contributed by atoms with Gasteiger partial charge < -0.3 is 9.67 Å². The number of nitro groups is 1. The molecule has 0 saturated heterocycles. The van der Waals surface area contributed by atoms with E-state index in [1.165, 1.54) is 12.1 Å². The number of hydrogen-bond acceptors (Lipinski definition) is 4. The van der Waals surface area contributed by atoms with Crippen LogP contribution in [0, 0.1) is 10.1 Å². The van der Waals surface area contributed by atoms with Crippen molar-refractivity contribution < 1.29 is 10.0 Å². The molecule has 1 heterocycles. The van der Waals surface area contributed by atoms with Crippen LogP contribution in [0.4, 0.5) is 5.69 Å². The zero-order valence-corrected chi connectivity index (χ0v) is 11.2. The van der Waals surface area contributed by atoms with Gasteiger partial charge in [-0.05, 0) is 42.7 Å². The van der Waals surface area contributed by atoms with Crippen molar-refractivity contribution in [3.05, 3.63) is 62.4 Å². The monoisotopic (exact) mass is 286 g/mol. The Hall–Kier alpha value is -2.47. The summed E-state index contributed by atoms with van der Waals surface area (Å²) >= 11 is 0. The van der Waals surface area contributed by atoms with Gasteiger partial charge >= 0.3 is 0 Å². The van der Waals surface area contributed by atoms with E-state index < -0.39 is 4.92 Å². The van der Waals surface area contributed by atoms with Crippen LogP contribution in [-0.2, 0) is 6.61 Å². The number of rotatable bonds is 4. The highest BCUT2D eigenvalue weighted by Gasteiger charge is 2.27. The summed E-state index contributed by atoms with van der Waals surface area (Å²) in [4.78, 5) is 22.6. The number of pyridine rings is 1. The van der Waals surface area contributed by atoms with E-state index in [2.05, 4.69) is 0 Å². The fraction of sp³-hybridized carbons (Fsp3) is 0.267. The van der Waals surface area contributed by atoms with E-state index >= 15 is 0 Å². The number of aliphatic hydroxyl groups is 1. The molecule has 1 aromatic carbocycles. The number of aromatic nitrogens is 1. The van der Waals surface area contributed by atoms with Crippen molar-refractivity contribution >= 4 is 5.69 Å². The predicted molar refractivity (Wildman–Crippen MR) is 77.0 cm³/mol. The summed E-state index contributed by atoms with van der Waals surface area (Å²) in [5.41, 5.74) is 1.69. The lowest BCUT2D eigenvalue weighted by atomic mass is 10.1. The largest absolute Gasteiger partial charge is 0.391 e. The standard InChI is InChI=1S/C15H14N2O4/c18-9-11-3-8-14(16(15(11)19)12-6-7-12)10-1-4-13(5-2-10)17(20)21/h1-5,8,12,18H,6-7,9H2. The Morgan fingerprint density at radius 1 is 1.19 bits per heavy atom. The maximum atomic E-state index is 12.3. The van der Waals surface area contributed by atoms with Gasteiger partial charge in [0.05, 0.1) is 17.2 Å². The first-order valence-electron chi connectivity index (χ1n) is 6.72. The highest BCUT2D eigenvalue weighted by atomic mass is 16.6. The quantitative estimate of drug-likeness (QED) is 0.690. The molecule has 1 N–H and O–H groups in total. The molecule has 1 aliphatic carbocycles. The third kappa shape index (κ3) is 2.45. The minimum atomic E-state index is -0.452. The smallest absolute Gasteiger partial charge is 0.269 e. The van der Waals surface area contributed by atoms with Crippen LogP contribution >= 0.6 is 0 Å². The molecule has 0 amide bonds. The molecule has 1 aliphatic rings. The zero-order valence-electron chi connectivity index (χ0n) is 11.2. The van der Waals surface area contributed by atoms with Crippen LogP contribution in [0.2, 0.25) is 0 Å². The van der Waals surface area contributed by atoms with Crippen molar-refractivity contribution in [2.24, 2.45) is 0 Å². The van der Waals surface area contributed by atoms with Crippen molar-refractivity contribution in [1.82, 2.24) is 4.57 Å². The van der Waals surface area contributed by atoms with Gasteiger partial charge in [-0.3, -0.25) is 14.9 Å². The third-order valence-corrected chi connectivity index (χ3v) is 3.65. The summed E-state index contributed by atoms with van der Waals surface area (Å²) in [6, 6.07) is 9.70. The van der Waals surface area contributed by atoms with Crippen LogP contribution in [0.15, 0.2) is 41.2 Å². The number of nitrogens with zero attached hydrogens (tertiary/aromatic N) is 2. The van der Waals surface area contributed by atoms with Crippen molar-refractivity contribution in [3.8, 4) is 11.3 Å². The first kappa shape index (κ1) is 13.5. The van der Waals surface area contributed by atoms with Crippen LogP contribution in [0.1, 0.15) is 24.4 Å². The summed E-state index contributed by atoms with van der Waals surface area (Å²) in [6.07, 6.45) is 1.88. The molecule has 6 nitrogen and oxygen atoms in total. The Balaban J connectivity index is 2.11. The van der Waals surface area contributed by atoms with E-state index in [1.807, 2.05) is 0 Å². The molecule has 3 rings (SSSR count). The molecule has 1 saturated carbocycles. The fourth-order valence-corrected chi connectivity index (χ4v) is 2.40. The van der Waals surface area contributed by atoms with Gasteiger partial charge in [-0.15, -0.1) is 0 Å². The van der Waals surface area contributed by atoms with Crippen molar-refractivity contribution in [3.63, 3.8) is 0 Å². The van der Waals surface area contributed by atoms with Crippen molar-refractivity contribution in [1.29, 1.82) is 0 Å². The Morgan fingerprint density at radius 2 is 1.86 bits per heavy atom. The Bertz CT molecular complexity index is 745. The molecular weight excluding hydrogens is 272 g/mol. The number of aliphatic hydroxyl groups excluding tert-OH is 1. The molecule has 1 fully saturated rings. The first-order chi connectivity index (χ1) is 10.1. The van der Waals surface area contributed by atoms with E-state index in [-0.39, 0.29) is 23.9 Å². The molecule has 1 aromatic heterocycles. The second-order valence-corrected chi connectivity index (χ2v) is 5.11. The molecule has 0 radical (unpaired) electrons. The predicted octanol–water partition coefficient (Wildman–Crippen LogP) is 2.25. The van der Waals surface area contributed by atoms with Gasteiger partial charge in [0.25, 0.3) is 11.2 Å². The van der Waals surface area contributed by atoms with Gasteiger partial charge in [0.1, 0.15) is 0 Å². The molecule has 0 spiro atoms.